The van der Waals surface area contributed by atoms with Crippen molar-refractivity contribution in [1.29, 1.82) is 0 Å². The molecule has 0 aliphatic carbocycles. The van der Waals surface area contributed by atoms with E-state index in [1.54, 1.807) is 23.9 Å². The van der Waals surface area contributed by atoms with Crippen LogP contribution >= 0.6 is 11.8 Å². The number of alkyl halides is 3. The Kier molecular flexibility index (Phi) is 6.11. The number of piperidine rings is 1. The standard InChI is InChI=1S/C15H19F4NOS/c16-12-1-3-13(4-2-12)22-10-9-20-7-5-11(6-8-20)14(21)15(17,18)19/h1-4,11,14,21H,5-10H2. The normalized spacial score (nSPS) is 19.3. The molecule has 1 aromatic carbocycles. The van der Waals surface area contributed by atoms with E-state index in [0.717, 1.165) is 17.2 Å². The van der Waals surface area contributed by atoms with Crippen LogP contribution in [0.5, 0.6) is 0 Å². The van der Waals surface area contributed by atoms with Gasteiger partial charge in [-0.3, -0.25) is 0 Å². The van der Waals surface area contributed by atoms with Crippen LogP contribution in [0.15, 0.2) is 29.2 Å². The van der Waals surface area contributed by atoms with Gasteiger partial charge in [0.15, 0.2) is 6.10 Å². The maximum atomic E-state index is 12.8. The van der Waals surface area contributed by atoms with E-state index >= 15 is 0 Å². The summed E-state index contributed by atoms with van der Waals surface area (Å²) in [5.41, 5.74) is 0. The lowest BCUT2D eigenvalue weighted by Crippen LogP contribution is -2.43. The molecule has 0 spiro atoms. The van der Waals surface area contributed by atoms with Gasteiger partial charge in [0.2, 0.25) is 0 Å². The Morgan fingerprint density at radius 3 is 2.32 bits per heavy atom. The van der Waals surface area contributed by atoms with Gasteiger partial charge in [-0.1, -0.05) is 0 Å². The number of halogens is 4. The fourth-order valence-corrected chi connectivity index (χ4v) is 3.50. The van der Waals surface area contributed by atoms with Crippen LogP contribution in [-0.2, 0) is 0 Å². The molecule has 1 atom stereocenters. The van der Waals surface area contributed by atoms with Gasteiger partial charge in [0.1, 0.15) is 5.82 Å². The molecule has 1 saturated heterocycles. The Morgan fingerprint density at radius 2 is 1.77 bits per heavy atom. The van der Waals surface area contributed by atoms with Gasteiger partial charge in [-0.2, -0.15) is 13.2 Å². The van der Waals surface area contributed by atoms with Crippen molar-refractivity contribution in [3.63, 3.8) is 0 Å². The molecule has 0 saturated carbocycles. The highest BCUT2D eigenvalue weighted by Crippen LogP contribution is 2.31. The van der Waals surface area contributed by atoms with Gasteiger partial charge >= 0.3 is 6.18 Å². The smallest absolute Gasteiger partial charge is 0.383 e. The molecule has 2 rings (SSSR count). The second kappa shape index (κ2) is 7.66. The molecule has 2 nitrogen and oxygen atoms in total. The van der Waals surface area contributed by atoms with Crippen LogP contribution < -0.4 is 0 Å². The number of thioether (sulfide) groups is 1. The fraction of sp³-hybridized carbons (Fsp3) is 0.600. The molecule has 124 valence electrons. The van der Waals surface area contributed by atoms with Crippen LogP contribution in [0.3, 0.4) is 0 Å². The van der Waals surface area contributed by atoms with E-state index in [1.807, 2.05) is 0 Å². The maximum absolute atomic E-state index is 12.8. The molecule has 7 heteroatoms. The van der Waals surface area contributed by atoms with Gasteiger partial charge in [-0.15, -0.1) is 11.8 Å². The molecule has 1 N–H and O–H groups in total. The number of rotatable bonds is 5. The summed E-state index contributed by atoms with van der Waals surface area (Å²) < 4.78 is 50.1. The van der Waals surface area contributed by atoms with Crippen LogP contribution in [0.1, 0.15) is 12.8 Å². The van der Waals surface area contributed by atoms with Crippen molar-refractivity contribution in [1.82, 2.24) is 4.90 Å². The topological polar surface area (TPSA) is 23.5 Å². The van der Waals surface area contributed by atoms with Gasteiger partial charge in [0.05, 0.1) is 0 Å². The third kappa shape index (κ3) is 5.14. The number of hydrogen-bond donors (Lipinski definition) is 1. The van der Waals surface area contributed by atoms with Crippen molar-refractivity contribution in [2.45, 2.75) is 30.0 Å². The number of nitrogens with zero attached hydrogens (tertiary/aromatic N) is 1. The highest BCUT2D eigenvalue weighted by atomic mass is 32.2. The molecule has 0 radical (unpaired) electrons. The van der Waals surface area contributed by atoms with E-state index in [0.29, 0.717) is 25.9 Å². The Morgan fingerprint density at radius 1 is 1.18 bits per heavy atom. The summed E-state index contributed by atoms with van der Waals surface area (Å²) in [5.74, 6) is -0.159. The van der Waals surface area contributed by atoms with Gasteiger partial charge in [-0.05, 0) is 56.1 Å². The van der Waals surface area contributed by atoms with Crippen LogP contribution in [0, 0.1) is 11.7 Å². The first-order valence-electron chi connectivity index (χ1n) is 7.22. The molecule has 1 aromatic rings. The fourth-order valence-electron chi connectivity index (χ4n) is 2.58. The van der Waals surface area contributed by atoms with E-state index in [9.17, 15) is 22.7 Å². The van der Waals surface area contributed by atoms with Crippen molar-refractivity contribution in [2.24, 2.45) is 5.92 Å². The minimum Gasteiger partial charge on any atom is -0.383 e. The molecule has 0 amide bonds. The summed E-state index contributed by atoms with van der Waals surface area (Å²) in [6.07, 6.45) is -6.00. The van der Waals surface area contributed by atoms with Gasteiger partial charge in [0, 0.05) is 17.2 Å². The largest absolute Gasteiger partial charge is 0.414 e. The Balaban J connectivity index is 1.68. The van der Waals surface area contributed by atoms with Crippen molar-refractivity contribution in [3.05, 3.63) is 30.1 Å². The van der Waals surface area contributed by atoms with Gasteiger partial charge < -0.3 is 10.0 Å². The number of aliphatic hydroxyl groups is 1. The monoisotopic (exact) mass is 337 g/mol. The highest BCUT2D eigenvalue weighted by molar-refractivity contribution is 7.99. The molecule has 1 aliphatic heterocycles. The SMILES string of the molecule is OC(C1CCN(CCSc2ccc(F)cc2)CC1)C(F)(F)F. The second-order valence-electron chi connectivity index (χ2n) is 5.47. The maximum Gasteiger partial charge on any atom is 0.414 e. The van der Waals surface area contributed by atoms with E-state index in [4.69, 9.17) is 0 Å². The Hall–Kier alpha value is -0.790. The minimum absolute atomic E-state index is 0.269. The number of hydrogen-bond acceptors (Lipinski definition) is 3. The van der Waals surface area contributed by atoms with Crippen LogP contribution in [0.25, 0.3) is 0 Å². The first kappa shape index (κ1) is 17.6. The average Bonchev–Trinajstić information content (AvgIpc) is 2.48. The number of aliphatic hydroxyl groups excluding tert-OH is 1. The third-order valence-corrected chi connectivity index (χ3v) is 4.90. The molecular formula is C15H19F4NOS. The number of likely N-dealkylation sites (tertiary alicyclic amines) is 1. The first-order valence-corrected chi connectivity index (χ1v) is 8.20. The average molecular weight is 337 g/mol. The van der Waals surface area contributed by atoms with Crippen LogP contribution in [0.2, 0.25) is 0 Å². The van der Waals surface area contributed by atoms with Crippen molar-refractivity contribution in [3.8, 4) is 0 Å². The predicted octanol–water partition coefficient (Wildman–Crippen LogP) is 3.55. The summed E-state index contributed by atoms with van der Waals surface area (Å²) in [5, 5.41) is 9.27. The lowest BCUT2D eigenvalue weighted by atomic mass is 9.91. The number of benzene rings is 1. The Bertz CT molecular complexity index is 458. The summed E-state index contributed by atoms with van der Waals surface area (Å²) in [6, 6.07) is 6.25. The van der Waals surface area contributed by atoms with E-state index in [1.165, 1.54) is 12.1 Å². The zero-order valence-electron chi connectivity index (χ0n) is 12.0. The van der Waals surface area contributed by atoms with E-state index in [2.05, 4.69) is 4.90 Å². The molecule has 0 bridgehead atoms. The minimum atomic E-state index is -4.52. The van der Waals surface area contributed by atoms with Gasteiger partial charge in [0.25, 0.3) is 0 Å². The second-order valence-corrected chi connectivity index (χ2v) is 6.64. The van der Waals surface area contributed by atoms with Crippen molar-refractivity contribution >= 4 is 11.8 Å². The third-order valence-electron chi connectivity index (χ3n) is 3.90. The Labute approximate surface area is 131 Å². The molecule has 1 fully saturated rings. The highest BCUT2D eigenvalue weighted by Gasteiger charge is 2.44. The zero-order valence-corrected chi connectivity index (χ0v) is 12.8. The first-order chi connectivity index (χ1) is 10.4. The summed E-state index contributed by atoms with van der Waals surface area (Å²) in [6.45, 7) is 1.92. The van der Waals surface area contributed by atoms with Crippen LogP contribution in [-0.4, -0.2) is 47.7 Å². The quantitative estimate of drug-likeness (QED) is 0.657. The summed E-state index contributed by atoms with van der Waals surface area (Å²) in [7, 11) is 0. The zero-order chi connectivity index (χ0) is 16.2. The summed E-state index contributed by atoms with van der Waals surface area (Å²) >= 11 is 1.60. The lowest BCUT2D eigenvalue weighted by Gasteiger charge is -2.34. The molecule has 0 aromatic heterocycles. The summed E-state index contributed by atoms with van der Waals surface area (Å²) in [4.78, 5) is 3.08. The predicted molar refractivity (Wildman–Crippen MR) is 78.3 cm³/mol. The van der Waals surface area contributed by atoms with Crippen LogP contribution in [0.4, 0.5) is 17.6 Å². The van der Waals surface area contributed by atoms with E-state index < -0.39 is 18.2 Å². The molecule has 1 aliphatic rings. The lowest BCUT2D eigenvalue weighted by molar-refractivity contribution is -0.223. The molecular weight excluding hydrogens is 318 g/mol. The van der Waals surface area contributed by atoms with Crippen molar-refractivity contribution < 1.29 is 22.7 Å². The molecule has 1 heterocycles. The molecule has 22 heavy (non-hydrogen) atoms. The van der Waals surface area contributed by atoms with Crippen molar-refractivity contribution in [2.75, 3.05) is 25.4 Å². The van der Waals surface area contributed by atoms with E-state index in [-0.39, 0.29) is 5.82 Å². The van der Waals surface area contributed by atoms with Gasteiger partial charge in [-0.25, -0.2) is 4.39 Å². The molecule has 1 unspecified atom stereocenters.